The van der Waals surface area contributed by atoms with E-state index in [0.717, 1.165) is 24.0 Å². The van der Waals surface area contributed by atoms with Crippen molar-refractivity contribution in [2.75, 3.05) is 10.6 Å². The molecule has 0 spiro atoms. The van der Waals surface area contributed by atoms with Gasteiger partial charge in [-0.25, -0.2) is 14.7 Å². The van der Waals surface area contributed by atoms with E-state index in [1.54, 1.807) is 44.3 Å². The Morgan fingerprint density at radius 1 is 1.18 bits per heavy atom. The van der Waals surface area contributed by atoms with Gasteiger partial charge in [0.25, 0.3) is 5.91 Å². The number of imide groups is 1. The van der Waals surface area contributed by atoms with E-state index < -0.39 is 11.0 Å². The Morgan fingerprint density at radius 3 is 2.43 bits per heavy atom. The standard InChI is InChI=1S/C21H21N5O2/c1-20(2)18(27)26(16-5-3-15(4-6-16)21(13-22)8-9-21)19(28)25(20)12-14-7-10-24-17(23)11-14/h3-7,10-11H,8-9,12H2,1-2H3,(H2,23,24). The zero-order valence-electron chi connectivity index (χ0n) is 15.8. The Balaban J connectivity index is 1.63. The van der Waals surface area contributed by atoms with Crippen molar-refractivity contribution in [3.63, 3.8) is 0 Å². The summed E-state index contributed by atoms with van der Waals surface area (Å²) in [5, 5.41) is 9.35. The van der Waals surface area contributed by atoms with Crippen molar-refractivity contribution in [3.05, 3.63) is 53.7 Å². The molecule has 1 aromatic carbocycles. The highest BCUT2D eigenvalue weighted by atomic mass is 16.2. The Hall–Kier alpha value is -3.40. The zero-order valence-corrected chi connectivity index (χ0v) is 15.8. The molecule has 1 aliphatic carbocycles. The van der Waals surface area contributed by atoms with Gasteiger partial charge in [-0.15, -0.1) is 0 Å². The van der Waals surface area contributed by atoms with Crippen LogP contribution >= 0.6 is 0 Å². The van der Waals surface area contributed by atoms with Gasteiger partial charge in [0.2, 0.25) is 0 Å². The lowest BCUT2D eigenvalue weighted by molar-refractivity contribution is -0.123. The molecule has 0 unspecified atom stereocenters. The molecule has 2 aliphatic rings. The molecule has 1 saturated heterocycles. The van der Waals surface area contributed by atoms with Gasteiger partial charge in [0, 0.05) is 12.7 Å². The molecular weight excluding hydrogens is 354 g/mol. The minimum absolute atomic E-state index is 0.260. The molecule has 7 nitrogen and oxygen atoms in total. The predicted molar refractivity (Wildman–Crippen MR) is 104 cm³/mol. The van der Waals surface area contributed by atoms with Gasteiger partial charge < -0.3 is 10.6 Å². The summed E-state index contributed by atoms with van der Waals surface area (Å²) in [4.78, 5) is 32.8. The molecule has 0 radical (unpaired) electrons. The smallest absolute Gasteiger partial charge is 0.332 e. The van der Waals surface area contributed by atoms with Crippen molar-refractivity contribution in [2.24, 2.45) is 0 Å². The molecule has 2 aromatic rings. The Kier molecular flexibility index (Phi) is 3.89. The number of anilines is 2. The molecule has 2 heterocycles. The van der Waals surface area contributed by atoms with Crippen LogP contribution in [0, 0.1) is 11.3 Å². The van der Waals surface area contributed by atoms with Crippen LogP contribution in [-0.2, 0) is 16.8 Å². The summed E-state index contributed by atoms with van der Waals surface area (Å²) >= 11 is 0. The number of aromatic nitrogens is 1. The fourth-order valence-electron chi connectivity index (χ4n) is 3.62. The Labute approximate surface area is 163 Å². The maximum atomic E-state index is 13.1. The second kappa shape index (κ2) is 6.06. The molecule has 1 saturated carbocycles. The summed E-state index contributed by atoms with van der Waals surface area (Å²) < 4.78 is 0. The first-order valence-corrected chi connectivity index (χ1v) is 9.17. The van der Waals surface area contributed by atoms with E-state index in [2.05, 4.69) is 11.1 Å². The zero-order chi connectivity index (χ0) is 20.1. The van der Waals surface area contributed by atoms with Gasteiger partial charge >= 0.3 is 6.03 Å². The van der Waals surface area contributed by atoms with Crippen LogP contribution in [0.5, 0.6) is 0 Å². The summed E-state index contributed by atoms with van der Waals surface area (Å²) in [6.45, 7) is 3.73. The van der Waals surface area contributed by atoms with Crippen LogP contribution in [0.2, 0.25) is 0 Å². The predicted octanol–water partition coefficient (Wildman–Crippen LogP) is 2.97. The van der Waals surface area contributed by atoms with Crippen LogP contribution in [0.25, 0.3) is 0 Å². The van der Waals surface area contributed by atoms with Crippen LogP contribution in [0.1, 0.15) is 37.8 Å². The first kappa shape index (κ1) is 18.0. The molecular formula is C21H21N5O2. The molecule has 3 amide bonds. The third-order valence-electron chi connectivity index (χ3n) is 5.65. The Morgan fingerprint density at radius 2 is 1.86 bits per heavy atom. The van der Waals surface area contributed by atoms with Crippen molar-refractivity contribution >= 4 is 23.4 Å². The van der Waals surface area contributed by atoms with Crippen LogP contribution < -0.4 is 10.6 Å². The number of carbonyl (C=O) groups excluding carboxylic acids is 2. The van der Waals surface area contributed by atoms with Crippen LogP contribution in [0.15, 0.2) is 42.6 Å². The fourth-order valence-corrected chi connectivity index (χ4v) is 3.62. The van der Waals surface area contributed by atoms with Gasteiger partial charge in [-0.2, -0.15) is 5.26 Å². The summed E-state index contributed by atoms with van der Waals surface area (Å²) in [5.41, 5.74) is 6.60. The van der Waals surface area contributed by atoms with Crippen LogP contribution in [0.4, 0.5) is 16.3 Å². The topological polar surface area (TPSA) is 103 Å². The second-order valence-electron chi connectivity index (χ2n) is 7.90. The first-order valence-electron chi connectivity index (χ1n) is 9.17. The highest BCUT2D eigenvalue weighted by Gasteiger charge is 2.52. The second-order valence-corrected chi connectivity index (χ2v) is 7.90. The van der Waals surface area contributed by atoms with Gasteiger partial charge in [0.05, 0.1) is 17.2 Å². The maximum absolute atomic E-state index is 13.1. The molecule has 1 aliphatic heterocycles. The van der Waals surface area contributed by atoms with Gasteiger partial charge in [-0.3, -0.25) is 4.79 Å². The largest absolute Gasteiger partial charge is 0.384 e. The summed E-state index contributed by atoms with van der Waals surface area (Å²) in [6.07, 6.45) is 3.28. The number of nitriles is 1. The number of nitrogens with zero attached hydrogens (tertiary/aromatic N) is 4. The third-order valence-corrected chi connectivity index (χ3v) is 5.65. The molecule has 28 heavy (non-hydrogen) atoms. The molecule has 142 valence electrons. The lowest BCUT2D eigenvalue weighted by Crippen LogP contribution is -2.43. The average molecular weight is 375 g/mol. The van der Waals surface area contributed by atoms with Crippen molar-refractivity contribution in [3.8, 4) is 6.07 Å². The van der Waals surface area contributed by atoms with Crippen molar-refractivity contribution < 1.29 is 9.59 Å². The summed E-state index contributed by atoms with van der Waals surface area (Å²) in [5.74, 6) is 0.0842. The molecule has 2 fully saturated rings. The number of rotatable bonds is 4. The van der Waals surface area contributed by atoms with Gasteiger partial charge in [-0.1, -0.05) is 12.1 Å². The number of amides is 3. The lowest BCUT2D eigenvalue weighted by Gasteiger charge is -2.27. The van der Waals surface area contributed by atoms with Crippen LogP contribution in [0.3, 0.4) is 0 Å². The number of hydrogen-bond donors (Lipinski definition) is 1. The van der Waals surface area contributed by atoms with Crippen LogP contribution in [-0.4, -0.2) is 27.4 Å². The molecule has 2 N–H and O–H groups in total. The summed E-state index contributed by atoms with van der Waals surface area (Å²) in [7, 11) is 0. The highest BCUT2D eigenvalue weighted by molar-refractivity contribution is 6.22. The number of nitrogen functional groups attached to an aromatic ring is 1. The number of nitrogens with two attached hydrogens (primary N) is 1. The van der Waals surface area contributed by atoms with Gasteiger partial charge in [0.15, 0.2) is 0 Å². The number of carbonyl (C=O) groups is 2. The minimum atomic E-state index is -0.988. The highest BCUT2D eigenvalue weighted by Crippen LogP contribution is 2.48. The fraction of sp³-hybridized carbons (Fsp3) is 0.333. The van der Waals surface area contributed by atoms with E-state index in [4.69, 9.17) is 5.73 Å². The van der Waals surface area contributed by atoms with Gasteiger partial charge in [-0.05, 0) is 62.1 Å². The average Bonchev–Trinajstić information content (AvgIpc) is 3.45. The van der Waals surface area contributed by atoms with Crippen molar-refractivity contribution in [1.29, 1.82) is 5.26 Å². The first-order chi connectivity index (χ1) is 13.3. The minimum Gasteiger partial charge on any atom is -0.384 e. The number of pyridine rings is 1. The Bertz CT molecular complexity index is 1000. The molecule has 4 rings (SSSR count). The van der Waals surface area contributed by atoms with E-state index in [9.17, 15) is 14.9 Å². The third kappa shape index (κ3) is 2.69. The molecule has 7 heteroatoms. The summed E-state index contributed by atoms with van der Waals surface area (Å²) in [6, 6.07) is 12.6. The number of urea groups is 1. The van der Waals surface area contributed by atoms with E-state index in [1.165, 1.54) is 9.80 Å². The van der Waals surface area contributed by atoms with E-state index in [-0.39, 0.29) is 18.5 Å². The molecule has 0 atom stereocenters. The molecule has 1 aromatic heterocycles. The van der Waals surface area contributed by atoms with E-state index in [0.29, 0.717) is 11.5 Å². The number of hydrogen-bond acceptors (Lipinski definition) is 5. The monoisotopic (exact) mass is 375 g/mol. The maximum Gasteiger partial charge on any atom is 0.332 e. The molecule has 0 bridgehead atoms. The van der Waals surface area contributed by atoms with Crippen molar-refractivity contribution in [2.45, 2.75) is 44.2 Å². The van der Waals surface area contributed by atoms with Gasteiger partial charge in [0.1, 0.15) is 11.4 Å². The van der Waals surface area contributed by atoms with Crippen molar-refractivity contribution in [1.82, 2.24) is 9.88 Å². The normalized spacial score (nSPS) is 19.6. The van der Waals surface area contributed by atoms with E-state index in [1.807, 2.05) is 12.1 Å². The lowest BCUT2D eigenvalue weighted by atomic mass is 9.97. The SMILES string of the molecule is CC1(C)C(=O)N(c2ccc(C3(C#N)CC3)cc2)C(=O)N1Cc1ccnc(N)c1. The van der Waals surface area contributed by atoms with E-state index >= 15 is 0 Å². The quantitative estimate of drug-likeness (QED) is 0.828. The number of benzene rings is 1.